The molecule has 2 aliphatic rings. The van der Waals surface area contributed by atoms with Gasteiger partial charge in [-0.15, -0.1) is 0 Å². The van der Waals surface area contributed by atoms with Gasteiger partial charge in [-0.05, 0) is 42.2 Å². The van der Waals surface area contributed by atoms with Gasteiger partial charge in [0.2, 0.25) is 0 Å². The van der Waals surface area contributed by atoms with E-state index in [0.29, 0.717) is 0 Å². The summed E-state index contributed by atoms with van der Waals surface area (Å²) in [4.78, 5) is 0. The van der Waals surface area contributed by atoms with Gasteiger partial charge in [0.05, 0.1) is 0 Å². The van der Waals surface area contributed by atoms with E-state index < -0.39 is 0 Å². The molecule has 0 saturated heterocycles. The lowest BCUT2D eigenvalue weighted by atomic mass is 9.79. The fraction of sp³-hybridized carbons (Fsp3) is 0.667. The molecule has 1 N–H and O–H groups in total. The zero-order chi connectivity index (χ0) is 13.1. The molecule has 19 heavy (non-hydrogen) atoms. The van der Waals surface area contributed by atoms with E-state index >= 15 is 0 Å². The standard InChI is InChI=1S/C18H27N/c1-2-16-9-6-10-17-12-15(13-19-18(16)17)11-14-7-4-3-5-8-14/h6,9-10,14-15,19H,2-5,7-8,11-13H2,1H3. The lowest BCUT2D eigenvalue weighted by Gasteiger charge is -2.31. The molecule has 1 nitrogen and oxygen atoms in total. The van der Waals surface area contributed by atoms with Crippen LogP contribution in [0.5, 0.6) is 0 Å². The van der Waals surface area contributed by atoms with Crippen LogP contribution in [0.3, 0.4) is 0 Å². The first-order valence-corrected chi connectivity index (χ1v) is 8.21. The fourth-order valence-corrected chi connectivity index (χ4v) is 4.04. The Bertz CT molecular complexity index is 418. The highest BCUT2D eigenvalue weighted by molar-refractivity contribution is 5.59. The Labute approximate surface area is 117 Å². The lowest BCUT2D eigenvalue weighted by molar-refractivity contribution is 0.289. The minimum atomic E-state index is 0.864. The van der Waals surface area contributed by atoms with Gasteiger partial charge in [0.25, 0.3) is 0 Å². The fourth-order valence-electron chi connectivity index (χ4n) is 4.04. The monoisotopic (exact) mass is 257 g/mol. The van der Waals surface area contributed by atoms with Crippen LogP contribution in [0.15, 0.2) is 18.2 Å². The van der Waals surface area contributed by atoms with Gasteiger partial charge < -0.3 is 5.32 Å². The number of para-hydroxylation sites is 1. The maximum atomic E-state index is 3.72. The van der Waals surface area contributed by atoms with E-state index in [1.807, 2.05) is 0 Å². The molecular weight excluding hydrogens is 230 g/mol. The number of nitrogens with one attached hydrogen (secondary N) is 1. The Balaban J connectivity index is 1.65. The molecule has 0 aromatic heterocycles. The first kappa shape index (κ1) is 13.0. The Morgan fingerprint density at radius 3 is 2.74 bits per heavy atom. The van der Waals surface area contributed by atoms with Crippen molar-refractivity contribution >= 4 is 5.69 Å². The van der Waals surface area contributed by atoms with Gasteiger partial charge in [-0.2, -0.15) is 0 Å². The smallest absolute Gasteiger partial charge is 0.0405 e. The summed E-state index contributed by atoms with van der Waals surface area (Å²) in [6.07, 6.45) is 11.3. The third-order valence-electron chi connectivity index (χ3n) is 5.09. The predicted octanol–water partition coefficient (Wildman–Crippen LogP) is 4.80. The molecule has 3 rings (SSSR count). The number of hydrogen-bond acceptors (Lipinski definition) is 1. The van der Waals surface area contributed by atoms with Gasteiger partial charge in [-0.1, -0.05) is 57.2 Å². The summed E-state index contributed by atoms with van der Waals surface area (Å²) in [6.45, 7) is 3.45. The minimum Gasteiger partial charge on any atom is -0.384 e. The second-order valence-electron chi connectivity index (χ2n) is 6.50. The maximum absolute atomic E-state index is 3.72. The van der Waals surface area contributed by atoms with Crippen LogP contribution in [0.25, 0.3) is 0 Å². The van der Waals surface area contributed by atoms with Crippen LogP contribution in [0.4, 0.5) is 5.69 Å². The van der Waals surface area contributed by atoms with Crippen molar-refractivity contribution in [1.29, 1.82) is 0 Å². The van der Waals surface area contributed by atoms with Gasteiger partial charge >= 0.3 is 0 Å². The molecule has 1 heterocycles. The first-order chi connectivity index (χ1) is 9.36. The molecule has 104 valence electrons. The highest BCUT2D eigenvalue weighted by Crippen LogP contribution is 2.34. The number of fused-ring (bicyclic) bond motifs is 1. The lowest BCUT2D eigenvalue weighted by Crippen LogP contribution is -2.26. The molecule has 1 fully saturated rings. The van der Waals surface area contributed by atoms with E-state index in [-0.39, 0.29) is 0 Å². The molecule has 1 aromatic carbocycles. The van der Waals surface area contributed by atoms with Crippen LogP contribution in [0.2, 0.25) is 0 Å². The van der Waals surface area contributed by atoms with Gasteiger partial charge in [0.15, 0.2) is 0 Å². The summed E-state index contributed by atoms with van der Waals surface area (Å²) in [5, 5.41) is 3.72. The van der Waals surface area contributed by atoms with Gasteiger partial charge in [0.1, 0.15) is 0 Å². The molecule has 1 atom stereocenters. The topological polar surface area (TPSA) is 12.0 Å². The minimum absolute atomic E-state index is 0.864. The van der Waals surface area contributed by atoms with E-state index in [1.165, 1.54) is 62.7 Å². The molecule has 0 radical (unpaired) electrons. The SMILES string of the molecule is CCc1cccc2c1NCC(CC1CCCCC1)C2. The number of rotatable bonds is 3. The average molecular weight is 257 g/mol. The summed E-state index contributed by atoms with van der Waals surface area (Å²) >= 11 is 0. The van der Waals surface area contributed by atoms with Crippen molar-refractivity contribution in [3.63, 3.8) is 0 Å². The summed E-state index contributed by atoms with van der Waals surface area (Å²) in [7, 11) is 0. The summed E-state index contributed by atoms with van der Waals surface area (Å²) in [6, 6.07) is 6.84. The van der Waals surface area contributed by atoms with Crippen LogP contribution in [-0.2, 0) is 12.8 Å². The number of benzene rings is 1. The molecule has 0 amide bonds. The first-order valence-electron chi connectivity index (χ1n) is 8.21. The highest BCUT2D eigenvalue weighted by Gasteiger charge is 2.23. The molecule has 1 aliphatic heterocycles. The molecule has 0 spiro atoms. The number of anilines is 1. The second kappa shape index (κ2) is 5.98. The number of hydrogen-bond donors (Lipinski definition) is 1. The van der Waals surface area contributed by atoms with Crippen LogP contribution in [-0.4, -0.2) is 6.54 Å². The number of aryl methyl sites for hydroxylation is 1. The quantitative estimate of drug-likeness (QED) is 0.820. The van der Waals surface area contributed by atoms with E-state index in [9.17, 15) is 0 Å². The van der Waals surface area contributed by atoms with Crippen LogP contribution in [0, 0.1) is 11.8 Å². The van der Waals surface area contributed by atoms with Crippen molar-refractivity contribution in [2.24, 2.45) is 11.8 Å². The van der Waals surface area contributed by atoms with Gasteiger partial charge in [0, 0.05) is 12.2 Å². The van der Waals surface area contributed by atoms with Crippen LogP contribution >= 0.6 is 0 Å². The zero-order valence-corrected chi connectivity index (χ0v) is 12.3. The van der Waals surface area contributed by atoms with E-state index in [2.05, 4.69) is 30.4 Å². The molecule has 1 saturated carbocycles. The third-order valence-corrected chi connectivity index (χ3v) is 5.09. The second-order valence-corrected chi connectivity index (χ2v) is 6.50. The van der Waals surface area contributed by atoms with Crippen molar-refractivity contribution in [1.82, 2.24) is 0 Å². The van der Waals surface area contributed by atoms with Crippen LogP contribution < -0.4 is 5.32 Å². The average Bonchev–Trinajstić information content (AvgIpc) is 2.47. The molecule has 1 aromatic rings. The van der Waals surface area contributed by atoms with Gasteiger partial charge in [-0.3, -0.25) is 0 Å². The van der Waals surface area contributed by atoms with Crippen molar-refractivity contribution in [3.05, 3.63) is 29.3 Å². The maximum Gasteiger partial charge on any atom is 0.0405 e. The van der Waals surface area contributed by atoms with Crippen molar-refractivity contribution in [2.45, 2.75) is 58.3 Å². The summed E-state index contributed by atoms with van der Waals surface area (Å²) in [5.74, 6) is 1.87. The molecule has 1 aliphatic carbocycles. The molecule has 0 bridgehead atoms. The Kier molecular flexibility index (Phi) is 4.10. The zero-order valence-electron chi connectivity index (χ0n) is 12.3. The van der Waals surface area contributed by atoms with Crippen molar-refractivity contribution in [2.75, 3.05) is 11.9 Å². The summed E-state index contributed by atoms with van der Waals surface area (Å²) < 4.78 is 0. The Morgan fingerprint density at radius 2 is 1.95 bits per heavy atom. The summed E-state index contributed by atoms with van der Waals surface area (Å²) in [5.41, 5.74) is 4.50. The van der Waals surface area contributed by atoms with E-state index in [0.717, 1.165) is 18.3 Å². The van der Waals surface area contributed by atoms with Gasteiger partial charge in [-0.25, -0.2) is 0 Å². The molecule has 1 heteroatoms. The Morgan fingerprint density at radius 1 is 1.11 bits per heavy atom. The van der Waals surface area contributed by atoms with Crippen molar-refractivity contribution < 1.29 is 0 Å². The third kappa shape index (κ3) is 2.96. The predicted molar refractivity (Wildman–Crippen MR) is 82.7 cm³/mol. The molecule has 1 unspecified atom stereocenters. The van der Waals surface area contributed by atoms with E-state index in [4.69, 9.17) is 0 Å². The largest absolute Gasteiger partial charge is 0.384 e. The van der Waals surface area contributed by atoms with Crippen molar-refractivity contribution in [3.8, 4) is 0 Å². The highest BCUT2D eigenvalue weighted by atomic mass is 14.9. The Hall–Kier alpha value is -0.980. The normalized spacial score (nSPS) is 23.7. The van der Waals surface area contributed by atoms with Crippen LogP contribution in [0.1, 0.15) is 56.6 Å². The molecular formula is C18H27N. The van der Waals surface area contributed by atoms with E-state index in [1.54, 1.807) is 5.56 Å².